The fraction of sp³-hybridized carbons (Fsp3) is 0.200. The third kappa shape index (κ3) is 3.55. The van der Waals surface area contributed by atoms with Crippen LogP contribution in [0.15, 0.2) is 24.4 Å². The second-order valence-electron chi connectivity index (χ2n) is 3.29. The Morgan fingerprint density at radius 2 is 2.24 bits per heavy atom. The summed E-state index contributed by atoms with van der Waals surface area (Å²) in [5, 5.41) is 3.19. The summed E-state index contributed by atoms with van der Waals surface area (Å²) in [4.78, 5) is 9.32. The van der Waals surface area contributed by atoms with Crippen molar-refractivity contribution < 1.29 is 0 Å². The van der Waals surface area contributed by atoms with E-state index in [9.17, 15) is 0 Å². The number of thiophene rings is 1. The van der Waals surface area contributed by atoms with Crippen molar-refractivity contribution in [2.75, 3.05) is 17.3 Å². The van der Waals surface area contributed by atoms with Gasteiger partial charge in [-0.15, -0.1) is 11.3 Å². The zero-order valence-electron chi connectivity index (χ0n) is 8.98. The molecule has 5 nitrogen and oxygen atoms in total. The molecule has 7 heteroatoms. The molecule has 0 aliphatic rings. The maximum absolute atomic E-state index is 5.85. The average molecular weight is 270 g/mol. The van der Waals surface area contributed by atoms with Crippen LogP contribution in [0.5, 0.6) is 0 Å². The van der Waals surface area contributed by atoms with E-state index in [1.54, 1.807) is 23.6 Å². The summed E-state index contributed by atoms with van der Waals surface area (Å²) in [5.41, 5.74) is 2.40. The van der Waals surface area contributed by atoms with Gasteiger partial charge in [0.2, 0.25) is 5.95 Å². The largest absolute Gasteiger partial charge is 0.370 e. The van der Waals surface area contributed by atoms with Crippen molar-refractivity contribution in [3.63, 3.8) is 0 Å². The molecule has 0 bridgehead atoms. The second kappa shape index (κ2) is 5.81. The number of rotatable bonds is 5. The summed E-state index contributed by atoms with van der Waals surface area (Å²) in [6.45, 7) is 0.790. The van der Waals surface area contributed by atoms with E-state index in [1.807, 2.05) is 12.1 Å². The summed E-state index contributed by atoms with van der Waals surface area (Å²) in [6.07, 6.45) is 2.55. The molecule has 2 rings (SSSR count). The second-order valence-corrected chi connectivity index (χ2v) is 5.09. The van der Waals surface area contributed by atoms with Crippen LogP contribution >= 0.6 is 22.9 Å². The number of nitrogen functional groups attached to an aromatic ring is 1. The lowest BCUT2D eigenvalue weighted by molar-refractivity contribution is 1.01. The highest BCUT2D eigenvalue weighted by Crippen LogP contribution is 2.21. The van der Waals surface area contributed by atoms with E-state index in [1.165, 1.54) is 4.88 Å². The number of halogens is 1. The minimum absolute atomic E-state index is 0.397. The molecule has 0 aromatic carbocycles. The third-order valence-corrected chi connectivity index (χ3v) is 3.38. The molecule has 0 radical (unpaired) electrons. The van der Waals surface area contributed by atoms with E-state index in [0.717, 1.165) is 23.1 Å². The maximum Gasteiger partial charge on any atom is 0.239 e. The summed E-state index contributed by atoms with van der Waals surface area (Å²) in [7, 11) is 0. The van der Waals surface area contributed by atoms with Crippen LogP contribution in [0.1, 0.15) is 4.88 Å². The molecule has 0 aliphatic carbocycles. The number of aromatic nitrogens is 2. The molecule has 90 valence electrons. The summed E-state index contributed by atoms with van der Waals surface area (Å²) in [5.74, 6) is 6.37. The van der Waals surface area contributed by atoms with Crippen LogP contribution in [0.2, 0.25) is 4.34 Å². The zero-order chi connectivity index (χ0) is 12.1. The Balaban J connectivity index is 1.85. The monoisotopic (exact) mass is 269 g/mol. The zero-order valence-corrected chi connectivity index (χ0v) is 10.6. The predicted molar refractivity (Wildman–Crippen MR) is 71.4 cm³/mol. The molecule has 2 aromatic heterocycles. The van der Waals surface area contributed by atoms with Crippen LogP contribution in [0.3, 0.4) is 0 Å². The molecule has 0 saturated carbocycles. The van der Waals surface area contributed by atoms with E-state index in [4.69, 9.17) is 17.4 Å². The lowest BCUT2D eigenvalue weighted by Crippen LogP contribution is -2.12. The van der Waals surface area contributed by atoms with E-state index >= 15 is 0 Å². The topological polar surface area (TPSA) is 75.9 Å². The van der Waals surface area contributed by atoms with Crippen molar-refractivity contribution in [1.29, 1.82) is 0 Å². The Labute approximate surface area is 108 Å². The van der Waals surface area contributed by atoms with Gasteiger partial charge in [0, 0.05) is 17.6 Å². The van der Waals surface area contributed by atoms with Gasteiger partial charge >= 0.3 is 0 Å². The fourth-order valence-corrected chi connectivity index (χ4v) is 2.41. The first-order chi connectivity index (χ1) is 8.28. The predicted octanol–water partition coefficient (Wildman–Crippen LogP) is 2.13. The van der Waals surface area contributed by atoms with Crippen molar-refractivity contribution in [1.82, 2.24) is 9.97 Å². The van der Waals surface area contributed by atoms with Gasteiger partial charge in [0.1, 0.15) is 5.82 Å². The van der Waals surface area contributed by atoms with Gasteiger partial charge < -0.3 is 5.32 Å². The van der Waals surface area contributed by atoms with Crippen LogP contribution in [0, 0.1) is 0 Å². The van der Waals surface area contributed by atoms with E-state index in [0.29, 0.717) is 5.95 Å². The third-order valence-electron chi connectivity index (χ3n) is 2.09. The van der Waals surface area contributed by atoms with Crippen LogP contribution in [0.25, 0.3) is 0 Å². The van der Waals surface area contributed by atoms with Crippen LogP contribution in [-0.4, -0.2) is 16.5 Å². The Hall–Kier alpha value is -1.37. The van der Waals surface area contributed by atoms with Gasteiger partial charge in [-0.3, -0.25) is 5.43 Å². The number of hydrazine groups is 1. The van der Waals surface area contributed by atoms with E-state index in [2.05, 4.69) is 20.7 Å². The lowest BCUT2D eigenvalue weighted by Gasteiger charge is -2.05. The maximum atomic E-state index is 5.85. The van der Waals surface area contributed by atoms with Gasteiger partial charge in [0.25, 0.3) is 0 Å². The molecule has 0 spiro atoms. The number of hydrogen-bond acceptors (Lipinski definition) is 6. The number of nitrogens with zero attached hydrogens (tertiary/aromatic N) is 2. The fourth-order valence-electron chi connectivity index (χ4n) is 1.33. The van der Waals surface area contributed by atoms with Crippen molar-refractivity contribution in [3.05, 3.63) is 33.6 Å². The molecule has 0 aliphatic heterocycles. The number of nitrogens with one attached hydrogen (secondary N) is 2. The minimum Gasteiger partial charge on any atom is -0.370 e. The average Bonchev–Trinajstić information content (AvgIpc) is 2.75. The van der Waals surface area contributed by atoms with Crippen molar-refractivity contribution in [3.8, 4) is 0 Å². The highest BCUT2D eigenvalue weighted by atomic mass is 35.5. The van der Waals surface area contributed by atoms with Crippen molar-refractivity contribution in [2.24, 2.45) is 5.84 Å². The van der Waals surface area contributed by atoms with Gasteiger partial charge in [0.05, 0.1) is 4.34 Å². The van der Waals surface area contributed by atoms with Crippen LogP contribution in [-0.2, 0) is 6.42 Å². The molecule has 17 heavy (non-hydrogen) atoms. The Morgan fingerprint density at radius 1 is 1.35 bits per heavy atom. The molecular formula is C10H12ClN5S. The van der Waals surface area contributed by atoms with Gasteiger partial charge in [-0.1, -0.05) is 11.6 Å². The quantitative estimate of drug-likeness (QED) is 0.573. The molecule has 0 atom stereocenters. The molecule has 0 unspecified atom stereocenters. The Kier molecular flexibility index (Phi) is 4.13. The molecule has 0 fully saturated rings. The highest BCUT2D eigenvalue weighted by molar-refractivity contribution is 7.16. The molecule has 2 aromatic rings. The Bertz CT molecular complexity index is 487. The van der Waals surface area contributed by atoms with Gasteiger partial charge in [-0.25, -0.2) is 10.8 Å². The summed E-state index contributed by atoms with van der Waals surface area (Å²) >= 11 is 7.44. The van der Waals surface area contributed by atoms with E-state index < -0.39 is 0 Å². The lowest BCUT2D eigenvalue weighted by atomic mass is 10.3. The first-order valence-corrected chi connectivity index (χ1v) is 6.25. The smallest absolute Gasteiger partial charge is 0.239 e. The number of nitrogens with two attached hydrogens (primary N) is 1. The standard InChI is InChI=1S/C10H12ClN5S/c11-8-2-1-7(17-8)3-5-13-9-4-6-14-10(15-9)16-12/h1-2,4,6H,3,5,12H2,(H2,13,14,15,16). The summed E-state index contributed by atoms with van der Waals surface area (Å²) in [6, 6.07) is 5.73. The highest BCUT2D eigenvalue weighted by Gasteiger charge is 1.99. The normalized spacial score (nSPS) is 10.2. The van der Waals surface area contributed by atoms with Crippen molar-refractivity contribution >= 4 is 34.7 Å². The first kappa shape index (κ1) is 12.1. The number of hydrogen-bond donors (Lipinski definition) is 3. The van der Waals surface area contributed by atoms with Gasteiger partial charge in [-0.05, 0) is 24.6 Å². The molecule has 2 heterocycles. The first-order valence-electron chi connectivity index (χ1n) is 5.05. The van der Waals surface area contributed by atoms with Gasteiger partial charge in [0.15, 0.2) is 0 Å². The Morgan fingerprint density at radius 3 is 2.94 bits per heavy atom. The summed E-state index contributed by atoms with van der Waals surface area (Å²) < 4.78 is 0.816. The molecule has 4 N–H and O–H groups in total. The van der Waals surface area contributed by atoms with Crippen LogP contribution < -0.4 is 16.6 Å². The van der Waals surface area contributed by atoms with Crippen LogP contribution in [0.4, 0.5) is 11.8 Å². The SMILES string of the molecule is NNc1nccc(NCCc2ccc(Cl)s2)n1. The molecule has 0 amide bonds. The molecular weight excluding hydrogens is 258 g/mol. The molecule has 0 saturated heterocycles. The number of anilines is 2. The van der Waals surface area contributed by atoms with Gasteiger partial charge in [-0.2, -0.15) is 4.98 Å². The van der Waals surface area contributed by atoms with Crippen molar-refractivity contribution in [2.45, 2.75) is 6.42 Å². The van der Waals surface area contributed by atoms with E-state index in [-0.39, 0.29) is 0 Å². The minimum atomic E-state index is 0.397.